The Morgan fingerprint density at radius 1 is 1.44 bits per heavy atom. The van der Waals surface area contributed by atoms with E-state index in [2.05, 4.69) is 22.5 Å². The number of nitrogens with one attached hydrogen (secondary N) is 2. The summed E-state index contributed by atoms with van der Waals surface area (Å²) >= 11 is 4.89. The first-order valence-electron chi connectivity index (χ1n) is 6.66. The Morgan fingerprint density at radius 2 is 2.11 bits per heavy atom. The Morgan fingerprint density at radius 3 is 2.67 bits per heavy atom. The normalized spacial score (nSPS) is 17.4. The number of hydrogen-bond donors (Lipinski definition) is 3. The summed E-state index contributed by atoms with van der Waals surface area (Å²) in [6.07, 6.45) is 4.05. The highest BCUT2D eigenvalue weighted by Crippen LogP contribution is 2.09. The molecule has 0 saturated carbocycles. The third-order valence-electron chi connectivity index (χ3n) is 3.12. The maximum absolute atomic E-state index is 11.6. The summed E-state index contributed by atoms with van der Waals surface area (Å²) in [4.78, 5) is 14.3. The molecule has 18 heavy (non-hydrogen) atoms. The summed E-state index contributed by atoms with van der Waals surface area (Å²) in [5.74, 6) is 0. The van der Waals surface area contributed by atoms with Crippen LogP contribution >= 0.6 is 12.2 Å². The first-order chi connectivity index (χ1) is 8.61. The standard InChI is InChI=1S/C12H24N4OS/c1-2-3-6-14-12(17)15-10-4-7-16(8-5-10)9-11(13)18/h10H,2-9H2,1H3,(H2,13,18)(H2,14,15,17). The average molecular weight is 272 g/mol. The molecule has 104 valence electrons. The zero-order valence-electron chi connectivity index (χ0n) is 11.1. The molecule has 0 aromatic rings. The summed E-state index contributed by atoms with van der Waals surface area (Å²) in [6.45, 7) is 5.43. The quantitative estimate of drug-likeness (QED) is 0.495. The molecule has 2 amide bonds. The summed E-state index contributed by atoms with van der Waals surface area (Å²) in [7, 11) is 0. The van der Waals surface area contributed by atoms with Gasteiger partial charge in [-0.25, -0.2) is 4.79 Å². The maximum atomic E-state index is 11.6. The van der Waals surface area contributed by atoms with Gasteiger partial charge in [-0.3, -0.25) is 4.90 Å². The summed E-state index contributed by atoms with van der Waals surface area (Å²) < 4.78 is 0. The average Bonchev–Trinajstić information content (AvgIpc) is 2.31. The van der Waals surface area contributed by atoms with Crippen molar-refractivity contribution in [2.75, 3.05) is 26.2 Å². The van der Waals surface area contributed by atoms with Crippen LogP contribution < -0.4 is 16.4 Å². The van der Waals surface area contributed by atoms with Crippen LogP contribution in [0.15, 0.2) is 0 Å². The van der Waals surface area contributed by atoms with Crippen LogP contribution in [0.5, 0.6) is 0 Å². The Hall–Kier alpha value is -0.880. The second-order valence-corrected chi connectivity index (χ2v) is 5.29. The van der Waals surface area contributed by atoms with E-state index in [0.717, 1.165) is 45.3 Å². The van der Waals surface area contributed by atoms with Gasteiger partial charge in [0.25, 0.3) is 0 Å². The predicted octanol–water partition coefficient (Wildman–Crippen LogP) is 0.836. The van der Waals surface area contributed by atoms with Crippen molar-refractivity contribution in [1.82, 2.24) is 15.5 Å². The summed E-state index contributed by atoms with van der Waals surface area (Å²) in [6, 6.07) is 0.227. The van der Waals surface area contributed by atoms with Gasteiger partial charge in [-0.15, -0.1) is 0 Å². The lowest BCUT2D eigenvalue weighted by Crippen LogP contribution is -2.49. The molecular weight excluding hydrogens is 248 g/mol. The molecule has 1 saturated heterocycles. The van der Waals surface area contributed by atoms with Crippen molar-refractivity contribution in [3.63, 3.8) is 0 Å². The molecule has 1 aliphatic heterocycles. The lowest BCUT2D eigenvalue weighted by atomic mass is 10.1. The molecule has 0 aliphatic carbocycles. The molecule has 0 aromatic carbocycles. The van der Waals surface area contributed by atoms with Gasteiger partial charge in [-0.1, -0.05) is 25.6 Å². The number of nitrogens with zero attached hydrogens (tertiary/aromatic N) is 1. The Balaban J connectivity index is 2.14. The fraction of sp³-hybridized carbons (Fsp3) is 0.833. The minimum atomic E-state index is -0.0451. The van der Waals surface area contributed by atoms with Crippen molar-refractivity contribution >= 4 is 23.2 Å². The molecule has 6 heteroatoms. The van der Waals surface area contributed by atoms with Gasteiger partial charge in [-0.2, -0.15) is 0 Å². The van der Waals surface area contributed by atoms with Crippen LogP contribution in [0.3, 0.4) is 0 Å². The number of carbonyl (C=O) groups excluding carboxylic acids is 1. The van der Waals surface area contributed by atoms with Crippen LogP contribution in [0, 0.1) is 0 Å². The monoisotopic (exact) mass is 272 g/mol. The van der Waals surface area contributed by atoms with Gasteiger partial charge in [0.15, 0.2) is 0 Å². The molecule has 0 radical (unpaired) electrons. The number of carbonyl (C=O) groups is 1. The molecule has 5 nitrogen and oxygen atoms in total. The third-order valence-corrected chi connectivity index (χ3v) is 3.25. The fourth-order valence-electron chi connectivity index (χ4n) is 2.07. The van der Waals surface area contributed by atoms with Crippen LogP contribution in [0.25, 0.3) is 0 Å². The van der Waals surface area contributed by atoms with Crippen LogP contribution in [0.1, 0.15) is 32.6 Å². The highest BCUT2D eigenvalue weighted by Gasteiger charge is 2.20. The molecule has 1 rings (SSSR count). The first-order valence-corrected chi connectivity index (χ1v) is 7.07. The number of unbranched alkanes of at least 4 members (excludes halogenated alkanes) is 1. The molecule has 1 fully saturated rings. The van der Waals surface area contributed by atoms with Gasteiger partial charge in [0.05, 0.1) is 4.99 Å². The molecule has 0 aromatic heterocycles. The third kappa shape index (κ3) is 6.16. The Bertz CT molecular complexity index is 277. The number of urea groups is 1. The first kappa shape index (κ1) is 15.2. The van der Waals surface area contributed by atoms with Crippen molar-refractivity contribution in [1.29, 1.82) is 0 Å². The number of hydrogen-bond acceptors (Lipinski definition) is 3. The van der Waals surface area contributed by atoms with Crippen molar-refractivity contribution in [3.8, 4) is 0 Å². The van der Waals surface area contributed by atoms with Crippen LogP contribution in [0.4, 0.5) is 4.79 Å². The smallest absolute Gasteiger partial charge is 0.315 e. The topological polar surface area (TPSA) is 70.4 Å². The number of likely N-dealkylation sites (tertiary alicyclic amines) is 1. The van der Waals surface area contributed by atoms with Crippen LogP contribution in [-0.4, -0.2) is 48.1 Å². The molecule has 1 aliphatic rings. The van der Waals surface area contributed by atoms with E-state index in [0.29, 0.717) is 11.5 Å². The molecule has 0 atom stereocenters. The highest BCUT2D eigenvalue weighted by molar-refractivity contribution is 7.80. The minimum Gasteiger partial charge on any atom is -0.392 e. The lowest BCUT2D eigenvalue weighted by molar-refractivity contribution is 0.207. The Labute approximate surface area is 114 Å². The van der Waals surface area contributed by atoms with Crippen molar-refractivity contribution in [2.24, 2.45) is 5.73 Å². The van der Waals surface area contributed by atoms with Crippen molar-refractivity contribution in [3.05, 3.63) is 0 Å². The minimum absolute atomic E-state index is 0.0451. The fourth-order valence-corrected chi connectivity index (χ4v) is 2.25. The number of nitrogens with two attached hydrogens (primary N) is 1. The zero-order chi connectivity index (χ0) is 13.4. The highest BCUT2D eigenvalue weighted by atomic mass is 32.1. The van der Waals surface area contributed by atoms with E-state index in [1.165, 1.54) is 0 Å². The van der Waals surface area contributed by atoms with Gasteiger partial charge in [0.2, 0.25) is 0 Å². The van der Waals surface area contributed by atoms with E-state index in [9.17, 15) is 4.79 Å². The zero-order valence-corrected chi connectivity index (χ0v) is 11.9. The van der Waals surface area contributed by atoms with Crippen molar-refractivity contribution < 1.29 is 4.79 Å². The van der Waals surface area contributed by atoms with Gasteiger partial charge >= 0.3 is 6.03 Å². The van der Waals surface area contributed by atoms with Gasteiger partial charge in [0, 0.05) is 32.2 Å². The van der Waals surface area contributed by atoms with E-state index in [1.54, 1.807) is 0 Å². The molecular formula is C12H24N4OS. The Kier molecular flexibility index (Phi) is 6.97. The second-order valence-electron chi connectivity index (χ2n) is 4.77. The molecule has 0 bridgehead atoms. The number of piperidine rings is 1. The van der Waals surface area contributed by atoms with E-state index >= 15 is 0 Å². The predicted molar refractivity (Wildman–Crippen MR) is 77.7 cm³/mol. The van der Waals surface area contributed by atoms with Crippen LogP contribution in [-0.2, 0) is 0 Å². The maximum Gasteiger partial charge on any atom is 0.315 e. The van der Waals surface area contributed by atoms with Crippen LogP contribution in [0.2, 0.25) is 0 Å². The largest absolute Gasteiger partial charge is 0.392 e. The molecule has 1 heterocycles. The molecule has 0 spiro atoms. The lowest BCUT2D eigenvalue weighted by Gasteiger charge is -2.31. The molecule has 0 unspecified atom stereocenters. The molecule has 4 N–H and O–H groups in total. The van der Waals surface area contributed by atoms with Gasteiger partial charge in [0.1, 0.15) is 0 Å². The van der Waals surface area contributed by atoms with Gasteiger partial charge in [-0.05, 0) is 19.3 Å². The number of thiocarbonyl (C=S) groups is 1. The second kappa shape index (κ2) is 8.26. The summed E-state index contributed by atoms with van der Waals surface area (Å²) in [5.41, 5.74) is 5.52. The number of amides is 2. The van der Waals surface area contributed by atoms with E-state index in [4.69, 9.17) is 18.0 Å². The van der Waals surface area contributed by atoms with E-state index in [-0.39, 0.29) is 12.1 Å². The van der Waals surface area contributed by atoms with E-state index < -0.39 is 0 Å². The van der Waals surface area contributed by atoms with Crippen molar-refractivity contribution in [2.45, 2.75) is 38.6 Å². The number of rotatable bonds is 6. The van der Waals surface area contributed by atoms with E-state index in [1.807, 2.05) is 0 Å². The SMILES string of the molecule is CCCCNC(=O)NC1CCN(CC(N)=S)CC1. The summed E-state index contributed by atoms with van der Waals surface area (Å²) in [5, 5.41) is 5.88. The van der Waals surface area contributed by atoms with Gasteiger partial charge < -0.3 is 16.4 Å².